The predicted molar refractivity (Wildman–Crippen MR) is 73.7 cm³/mol. The van der Waals surface area contributed by atoms with Gasteiger partial charge in [0.2, 0.25) is 0 Å². The van der Waals surface area contributed by atoms with Gasteiger partial charge in [-0.3, -0.25) is 9.78 Å². The zero-order chi connectivity index (χ0) is 14.5. The first-order chi connectivity index (χ1) is 9.59. The number of amides is 1. The normalized spacial score (nSPS) is 11.2. The Bertz CT molecular complexity index is 634. The van der Waals surface area contributed by atoms with Crippen molar-refractivity contribution in [3.8, 4) is 11.5 Å². The highest BCUT2D eigenvalue weighted by molar-refractivity contribution is 6.02. The highest BCUT2D eigenvalue weighted by Gasteiger charge is 2.15. The predicted octanol–water partition coefficient (Wildman–Crippen LogP) is 1.65. The minimum atomic E-state index is -0.698. The number of nitrogens with zero attached hydrogens (tertiary/aromatic N) is 2. The molecule has 0 saturated heterocycles. The number of aromatic hydroxyl groups is 2. The van der Waals surface area contributed by atoms with Crippen LogP contribution in [0.25, 0.3) is 0 Å². The molecular formula is C14H13N3O3. The van der Waals surface area contributed by atoms with Crippen molar-refractivity contribution in [1.29, 1.82) is 0 Å². The third-order valence-electron chi connectivity index (χ3n) is 2.61. The molecule has 0 aliphatic rings. The van der Waals surface area contributed by atoms with Crippen molar-refractivity contribution in [1.82, 2.24) is 10.4 Å². The molecule has 0 atom stereocenters. The lowest BCUT2D eigenvalue weighted by Crippen LogP contribution is -2.19. The fraction of sp³-hybridized carbons (Fsp3) is 0.0714. The van der Waals surface area contributed by atoms with Crippen LogP contribution in [0.15, 0.2) is 47.7 Å². The summed E-state index contributed by atoms with van der Waals surface area (Å²) in [6, 6.07) is 9.38. The van der Waals surface area contributed by atoms with Gasteiger partial charge in [-0.15, -0.1) is 0 Å². The quantitative estimate of drug-likeness (QED) is 0.584. The van der Waals surface area contributed by atoms with Crippen molar-refractivity contribution < 1.29 is 15.0 Å². The Balaban J connectivity index is 2.17. The van der Waals surface area contributed by atoms with Gasteiger partial charge >= 0.3 is 0 Å². The summed E-state index contributed by atoms with van der Waals surface area (Å²) in [5.41, 5.74) is 3.18. The van der Waals surface area contributed by atoms with E-state index in [4.69, 9.17) is 0 Å². The summed E-state index contributed by atoms with van der Waals surface area (Å²) in [5.74, 6) is -1.32. The Morgan fingerprint density at radius 1 is 1.15 bits per heavy atom. The molecule has 20 heavy (non-hydrogen) atoms. The first kappa shape index (κ1) is 13.5. The first-order valence-corrected chi connectivity index (χ1v) is 5.86. The number of carbonyl (C=O) groups excluding carboxylic acids is 1. The van der Waals surface area contributed by atoms with Crippen LogP contribution in [0.3, 0.4) is 0 Å². The maximum atomic E-state index is 11.9. The van der Waals surface area contributed by atoms with Crippen LogP contribution >= 0.6 is 0 Å². The van der Waals surface area contributed by atoms with Gasteiger partial charge in [0.05, 0.1) is 11.4 Å². The average molecular weight is 271 g/mol. The maximum absolute atomic E-state index is 11.9. The summed E-state index contributed by atoms with van der Waals surface area (Å²) in [4.78, 5) is 15.9. The Morgan fingerprint density at radius 3 is 2.45 bits per heavy atom. The lowest BCUT2D eigenvalue weighted by atomic mass is 10.1. The van der Waals surface area contributed by atoms with E-state index in [1.165, 1.54) is 18.2 Å². The molecule has 1 aromatic heterocycles. The summed E-state index contributed by atoms with van der Waals surface area (Å²) in [6.45, 7) is 1.69. The molecule has 0 spiro atoms. The molecule has 1 amide bonds. The summed E-state index contributed by atoms with van der Waals surface area (Å²) in [7, 11) is 0. The third kappa shape index (κ3) is 2.92. The standard InChI is InChI=1S/C14H13N3O3/c1-9(10-5-2-3-8-15-10)16-17-14(20)13-11(18)6-4-7-12(13)19/h2-8,18-19H,1H3,(H,17,20)/b16-9+. The van der Waals surface area contributed by atoms with E-state index in [1.54, 1.807) is 31.3 Å². The van der Waals surface area contributed by atoms with Crippen LogP contribution in [0.5, 0.6) is 11.5 Å². The summed E-state index contributed by atoms with van der Waals surface area (Å²) in [5, 5.41) is 23.0. The van der Waals surface area contributed by atoms with E-state index in [1.807, 2.05) is 0 Å². The highest BCUT2D eigenvalue weighted by Crippen LogP contribution is 2.25. The number of hydrazone groups is 1. The summed E-state index contributed by atoms with van der Waals surface area (Å²) >= 11 is 0. The zero-order valence-corrected chi connectivity index (χ0v) is 10.7. The Hall–Kier alpha value is -2.89. The van der Waals surface area contributed by atoms with Crippen LogP contribution in [-0.4, -0.2) is 26.8 Å². The van der Waals surface area contributed by atoms with E-state index < -0.39 is 5.91 Å². The lowest BCUT2D eigenvalue weighted by Gasteiger charge is -2.06. The second kappa shape index (κ2) is 5.83. The maximum Gasteiger partial charge on any atom is 0.278 e. The molecular weight excluding hydrogens is 258 g/mol. The lowest BCUT2D eigenvalue weighted by molar-refractivity contribution is 0.0949. The first-order valence-electron chi connectivity index (χ1n) is 5.86. The molecule has 3 N–H and O–H groups in total. The van der Waals surface area contributed by atoms with Gasteiger partial charge in [0.25, 0.3) is 5.91 Å². The molecule has 0 unspecified atom stereocenters. The highest BCUT2D eigenvalue weighted by atomic mass is 16.3. The van der Waals surface area contributed by atoms with Crippen molar-refractivity contribution in [2.75, 3.05) is 0 Å². The molecule has 0 saturated carbocycles. The van der Waals surface area contributed by atoms with Gasteiger partial charge in [0, 0.05) is 6.20 Å². The molecule has 6 heteroatoms. The summed E-state index contributed by atoms with van der Waals surface area (Å²) < 4.78 is 0. The van der Waals surface area contributed by atoms with E-state index >= 15 is 0 Å². The fourth-order valence-electron chi connectivity index (χ4n) is 1.59. The Kier molecular flexibility index (Phi) is 3.95. The monoisotopic (exact) mass is 271 g/mol. The molecule has 0 bridgehead atoms. The SMILES string of the molecule is C/C(=N\NC(=O)c1c(O)cccc1O)c1ccccn1. The molecule has 0 aliphatic carbocycles. The van der Waals surface area contributed by atoms with Crippen molar-refractivity contribution in [2.45, 2.75) is 6.92 Å². The number of carbonyl (C=O) groups is 1. The minimum Gasteiger partial charge on any atom is -0.507 e. The van der Waals surface area contributed by atoms with Crippen molar-refractivity contribution >= 4 is 11.6 Å². The molecule has 6 nitrogen and oxygen atoms in total. The third-order valence-corrected chi connectivity index (χ3v) is 2.61. The Morgan fingerprint density at radius 2 is 1.85 bits per heavy atom. The molecule has 0 fully saturated rings. The number of hydrogen-bond donors (Lipinski definition) is 3. The summed E-state index contributed by atoms with van der Waals surface area (Å²) in [6.07, 6.45) is 1.62. The van der Waals surface area contributed by atoms with Gasteiger partial charge in [-0.05, 0) is 31.2 Å². The fourth-order valence-corrected chi connectivity index (χ4v) is 1.59. The Labute approximate surface area is 115 Å². The van der Waals surface area contributed by atoms with E-state index in [2.05, 4.69) is 15.5 Å². The number of pyridine rings is 1. The van der Waals surface area contributed by atoms with Gasteiger partial charge < -0.3 is 10.2 Å². The van der Waals surface area contributed by atoms with Crippen molar-refractivity contribution in [3.63, 3.8) is 0 Å². The molecule has 0 radical (unpaired) electrons. The van der Waals surface area contributed by atoms with Gasteiger partial charge in [-0.25, -0.2) is 5.43 Å². The minimum absolute atomic E-state index is 0.218. The van der Waals surface area contributed by atoms with E-state index in [0.717, 1.165) is 0 Å². The molecule has 2 aromatic rings. The number of nitrogens with one attached hydrogen (secondary N) is 1. The molecule has 0 aliphatic heterocycles. The van der Waals surface area contributed by atoms with Gasteiger partial charge in [0.1, 0.15) is 17.1 Å². The number of rotatable bonds is 3. The number of phenols is 2. The zero-order valence-electron chi connectivity index (χ0n) is 10.7. The van der Waals surface area contributed by atoms with E-state index in [0.29, 0.717) is 11.4 Å². The molecule has 1 aromatic carbocycles. The average Bonchev–Trinajstić information content (AvgIpc) is 2.45. The van der Waals surface area contributed by atoms with Crippen LogP contribution in [0.2, 0.25) is 0 Å². The molecule has 102 valence electrons. The van der Waals surface area contributed by atoms with Gasteiger partial charge in [0.15, 0.2) is 0 Å². The van der Waals surface area contributed by atoms with Crippen LogP contribution < -0.4 is 5.43 Å². The number of benzene rings is 1. The van der Waals surface area contributed by atoms with Crippen LogP contribution in [0.1, 0.15) is 23.0 Å². The van der Waals surface area contributed by atoms with Gasteiger partial charge in [-0.1, -0.05) is 12.1 Å². The van der Waals surface area contributed by atoms with Crippen LogP contribution in [-0.2, 0) is 0 Å². The van der Waals surface area contributed by atoms with Crippen LogP contribution in [0.4, 0.5) is 0 Å². The van der Waals surface area contributed by atoms with Gasteiger partial charge in [-0.2, -0.15) is 5.10 Å². The number of aromatic nitrogens is 1. The van der Waals surface area contributed by atoms with Crippen molar-refractivity contribution in [3.05, 3.63) is 53.9 Å². The second-order valence-electron chi connectivity index (χ2n) is 4.02. The second-order valence-corrected chi connectivity index (χ2v) is 4.02. The number of hydrogen-bond acceptors (Lipinski definition) is 5. The van der Waals surface area contributed by atoms with Crippen molar-refractivity contribution in [2.24, 2.45) is 5.10 Å². The van der Waals surface area contributed by atoms with E-state index in [-0.39, 0.29) is 17.1 Å². The smallest absolute Gasteiger partial charge is 0.278 e. The largest absolute Gasteiger partial charge is 0.507 e. The topological polar surface area (TPSA) is 94.8 Å². The van der Waals surface area contributed by atoms with Crippen LogP contribution in [0, 0.1) is 0 Å². The van der Waals surface area contributed by atoms with E-state index in [9.17, 15) is 15.0 Å². The molecule has 2 rings (SSSR count). The molecule has 1 heterocycles. The number of phenolic OH excluding ortho intramolecular Hbond substituents is 2.